The first-order valence-electron chi connectivity index (χ1n) is 13.7. The molecule has 0 spiro atoms. The van der Waals surface area contributed by atoms with Gasteiger partial charge in [-0.05, 0) is 61.1 Å². The molecular weight excluding hydrogens is 544 g/mol. The Labute approximate surface area is 243 Å². The molecule has 1 aliphatic rings. The van der Waals surface area contributed by atoms with Crippen molar-refractivity contribution in [1.29, 1.82) is 0 Å². The van der Waals surface area contributed by atoms with Crippen molar-refractivity contribution >= 4 is 30.0 Å². The lowest BCUT2D eigenvalue weighted by Gasteiger charge is -2.30. The first-order valence-corrected chi connectivity index (χ1v) is 13.7. The van der Waals surface area contributed by atoms with Gasteiger partial charge in [-0.25, -0.2) is 0 Å². The van der Waals surface area contributed by atoms with E-state index in [1.807, 2.05) is 0 Å². The zero-order valence-corrected chi connectivity index (χ0v) is 23.2. The maximum Gasteiger partial charge on any atom is 0.249 e. The Morgan fingerprint density at radius 3 is 2.14 bits per heavy atom. The fourth-order valence-electron chi connectivity index (χ4n) is 4.76. The van der Waals surface area contributed by atoms with Gasteiger partial charge in [-0.2, -0.15) is 0 Å². The molecule has 1 heterocycles. The second-order valence-corrected chi connectivity index (χ2v) is 10.2. The third-order valence-electron chi connectivity index (χ3n) is 6.96. The van der Waals surface area contributed by atoms with Crippen LogP contribution in [0.5, 0.6) is 11.5 Å². The number of hydrogen-bond acceptors (Lipinski definition) is 8. The van der Waals surface area contributed by atoms with Crippen LogP contribution >= 0.6 is 0 Å². The van der Waals surface area contributed by atoms with Crippen molar-refractivity contribution in [2.45, 2.75) is 62.8 Å². The number of nitrogens with one attached hydrogen (secondary N) is 2. The highest BCUT2D eigenvalue weighted by molar-refractivity contribution is 5.94. The monoisotopic (exact) mass is 582 g/mol. The molecule has 0 radical (unpaired) electrons. The maximum atomic E-state index is 13.8. The van der Waals surface area contributed by atoms with Crippen molar-refractivity contribution < 1.29 is 34.5 Å². The molecule has 0 bridgehead atoms. The molecular formula is C29H38N6O7. The van der Waals surface area contributed by atoms with Gasteiger partial charge >= 0.3 is 0 Å². The molecule has 42 heavy (non-hydrogen) atoms. The highest BCUT2D eigenvalue weighted by Crippen LogP contribution is 2.21. The molecule has 2 aromatic carbocycles. The van der Waals surface area contributed by atoms with Crippen molar-refractivity contribution in [3.8, 4) is 11.5 Å². The smallest absolute Gasteiger partial charge is 0.249 e. The van der Waals surface area contributed by atoms with Gasteiger partial charge in [0.05, 0.1) is 6.04 Å². The number of benzene rings is 2. The van der Waals surface area contributed by atoms with Gasteiger partial charge in [0, 0.05) is 25.9 Å². The fourth-order valence-corrected chi connectivity index (χ4v) is 4.76. The first-order chi connectivity index (χ1) is 20.1. The van der Waals surface area contributed by atoms with Crippen LogP contribution in [0.15, 0.2) is 53.5 Å². The van der Waals surface area contributed by atoms with Crippen LogP contribution in [0.4, 0.5) is 0 Å². The van der Waals surface area contributed by atoms with Crippen LogP contribution in [0, 0.1) is 0 Å². The molecule has 9 N–H and O–H groups in total. The maximum absolute atomic E-state index is 13.8. The number of rotatable bonds is 14. The van der Waals surface area contributed by atoms with E-state index in [1.165, 1.54) is 29.2 Å². The number of aldehydes is 1. The van der Waals surface area contributed by atoms with Gasteiger partial charge in [0.15, 0.2) is 5.96 Å². The Bertz CT molecular complexity index is 1250. The molecule has 4 atom stereocenters. The van der Waals surface area contributed by atoms with Crippen molar-refractivity contribution in [3.63, 3.8) is 0 Å². The number of carbonyl (C=O) groups is 4. The fraction of sp³-hybridized carbons (Fsp3) is 0.414. The largest absolute Gasteiger partial charge is 0.508 e. The van der Waals surface area contributed by atoms with Crippen LogP contribution in [0.3, 0.4) is 0 Å². The van der Waals surface area contributed by atoms with Gasteiger partial charge in [-0.15, -0.1) is 0 Å². The molecule has 13 heteroatoms. The molecule has 2 aromatic rings. The van der Waals surface area contributed by atoms with Crippen molar-refractivity contribution in [2.24, 2.45) is 16.5 Å². The summed E-state index contributed by atoms with van der Waals surface area (Å²) in [6, 6.07) is 9.41. The quantitative estimate of drug-likeness (QED) is 0.0657. The second kappa shape index (κ2) is 15.4. The number of aromatic hydroxyl groups is 2. The molecule has 3 amide bonds. The zero-order valence-electron chi connectivity index (χ0n) is 23.2. The topological polar surface area (TPSA) is 221 Å². The van der Waals surface area contributed by atoms with Gasteiger partial charge in [0.25, 0.3) is 0 Å². The SMILES string of the molecule is NC(N)=NCCCC(C=O)NC(=O)C1CCCN1C(=O)C(Cc1ccc(O)cc1)NC(=O)C(O)Cc1ccc(O)cc1. The molecule has 13 nitrogen and oxygen atoms in total. The average molecular weight is 583 g/mol. The molecule has 226 valence electrons. The van der Waals surface area contributed by atoms with E-state index in [0.717, 1.165) is 0 Å². The number of hydrogen-bond donors (Lipinski definition) is 7. The van der Waals surface area contributed by atoms with E-state index in [1.54, 1.807) is 24.3 Å². The molecule has 1 aliphatic heterocycles. The van der Waals surface area contributed by atoms with Crippen LogP contribution in [0.2, 0.25) is 0 Å². The normalized spacial score (nSPS) is 16.6. The highest BCUT2D eigenvalue weighted by Gasteiger charge is 2.38. The predicted molar refractivity (Wildman–Crippen MR) is 154 cm³/mol. The Morgan fingerprint density at radius 1 is 0.976 bits per heavy atom. The van der Waals surface area contributed by atoms with Crippen LogP contribution in [-0.4, -0.2) is 87.5 Å². The standard InChI is InChI=1S/C29H38N6O7/c30-29(31)32-13-1-3-20(17-36)33-26(40)24-4-2-14-35(24)28(42)23(15-18-5-9-21(37)10-6-18)34-27(41)25(39)16-19-7-11-22(38)12-8-19/h5-12,17,20,23-25,37-39H,1-4,13-16H2,(H,33,40)(H,34,41)(H4,30,31,32). The summed E-state index contributed by atoms with van der Waals surface area (Å²) in [4.78, 5) is 56.7. The van der Waals surface area contributed by atoms with Crippen LogP contribution < -0.4 is 22.1 Å². The lowest BCUT2D eigenvalue weighted by Crippen LogP contribution is -2.56. The summed E-state index contributed by atoms with van der Waals surface area (Å²) in [7, 11) is 0. The van der Waals surface area contributed by atoms with Gasteiger partial charge in [-0.3, -0.25) is 19.4 Å². The number of phenolic OH excluding ortho intramolecular Hbond substituents is 2. The average Bonchev–Trinajstić information content (AvgIpc) is 3.46. The minimum atomic E-state index is -1.48. The van der Waals surface area contributed by atoms with Crippen molar-refractivity contribution in [2.75, 3.05) is 13.1 Å². The van der Waals surface area contributed by atoms with Gasteiger partial charge in [-0.1, -0.05) is 24.3 Å². The van der Waals surface area contributed by atoms with E-state index in [4.69, 9.17) is 11.5 Å². The summed E-state index contributed by atoms with van der Waals surface area (Å²) in [5.41, 5.74) is 11.9. The van der Waals surface area contributed by atoms with Gasteiger partial charge < -0.3 is 47.1 Å². The van der Waals surface area contributed by atoms with E-state index >= 15 is 0 Å². The number of phenols is 2. The summed E-state index contributed by atoms with van der Waals surface area (Å²) < 4.78 is 0. The molecule has 4 unspecified atom stereocenters. The number of guanidine groups is 1. The lowest BCUT2D eigenvalue weighted by atomic mass is 10.0. The van der Waals surface area contributed by atoms with Gasteiger partial charge in [0.1, 0.15) is 36.0 Å². The minimum Gasteiger partial charge on any atom is -0.508 e. The van der Waals surface area contributed by atoms with E-state index in [2.05, 4.69) is 15.6 Å². The first kappa shape index (κ1) is 31.9. The van der Waals surface area contributed by atoms with Crippen LogP contribution in [0.1, 0.15) is 36.8 Å². The summed E-state index contributed by atoms with van der Waals surface area (Å²) in [6.45, 7) is 0.568. The number of amides is 3. The Balaban J connectivity index is 1.71. The van der Waals surface area contributed by atoms with Gasteiger partial charge in [0.2, 0.25) is 17.7 Å². The van der Waals surface area contributed by atoms with Crippen LogP contribution in [0.25, 0.3) is 0 Å². The Morgan fingerprint density at radius 2 is 1.57 bits per heavy atom. The third-order valence-corrected chi connectivity index (χ3v) is 6.96. The van der Waals surface area contributed by atoms with E-state index in [9.17, 15) is 34.5 Å². The number of likely N-dealkylation sites (tertiary alicyclic amines) is 1. The summed E-state index contributed by atoms with van der Waals surface area (Å²) in [6.07, 6.45) is 0.838. The summed E-state index contributed by atoms with van der Waals surface area (Å²) in [5, 5.41) is 35.0. The number of aliphatic hydroxyl groups is 1. The number of nitrogens with two attached hydrogens (primary N) is 2. The zero-order chi connectivity index (χ0) is 30.6. The minimum absolute atomic E-state index is 0.0364. The number of aliphatic imine (C=N–C) groups is 1. The van der Waals surface area contributed by atoms with Crippen LogP contribution in [-0.2, 0) is 32.0 Å². The second-order valence-electron chi connectivity index (χ2n) is 10.2. The number of nitrogens with zero attached hydrogens (tertiary/aromatic N) is 2. The third kappa shape index (κ3) is 9.47. The summed E-state index contributed by atoms with van der Waals surface area (Å²) >= 11 is 0. The van der Waals surface area contributed by atoms with Crippen molar-refractivity contribution in [3.05, 3.63) is 59.7 Å². The summed E-state index contributed by atoms with van der Waals surface area (Å²) in [5.74, 6) is -1.75. The Kier molecular flexibility index (Phi) is 11.7. The molecule has 0 saturated carbocycles. The molecule has 0 aromatic heterocycles. The number of carbonyl (C=O) groups excluding carboxylic acids is 4. The van der Waals surface area contributed by atoms with E-state index < -0.39 is 42.0 Å². The molecule has 1 saturated heterocycles. The van der Waals surface area contributed by atoms with E-state index in [0.29, 0.717) is 49.6 Å². The molecule has 1 fully saturated rings. The predicted octanol–water partition coefficient (Wildman–Crippen LogP) is -0.543. The number of aliphatic hydroxyl groups excluding tert-OH is 1. The molecule has 0 aliphatic carbocycles. The lowest BCUT2D eigenvalue weighted by molar-refractivity contribution is -0.142. The highest BCUT2D eigenvalue weighted by atomic mass is 16.3. The Hall–Kier alpha value is -4.65. The van der Waals surface area contributed by atoms with Crippen molar-refractivity contribution in [1.82, 2.24) is 15.5 Å². The van der Waals surface area contributed by atoms with E-state index in [-0.39, 0.29) is 36.8 Å². The molecule has 3 rings (SSSR count).